The molecule has 3 fully saturated rings. The summed E-state index contributed by atoms with van der Waals surface area (Å²) in [7, 11) is 0. The fourth-order valence-electron chi connectivity index (χ4n) is 7.59. The summed E-state index contributed by atoms with van der Waals surface area (Å²) in [4.78, 5) is 25.3. The lowest BCUT2D eigenvalue weighted by atomic mass is 9.73. The number of aromatic nitrogens is 3. The van der Waals surface area contributed by atoms with Gasteiger partial charge in [-0.25, -0.2) is 9.37 Å². The van der Waals surface area contributed by atoms with Crippen LogP contribution in [-0.2, 0) is 6.42 Å². The van der Waals surface area contributed by atoms with Gasteiger partial charge in [0.1, 0.15) is 11.6 Å². The number of halogens is 1. The fraction of sp³-hybridized carbons (Fsp3) is 0.452. The Hall–Kier alpha value is -3.32. The van der Waals surface area contributed by atoms with Gasteiger partial charge in [-0.3, -0.25) is 9.78 Å². The maximum atomic E-state index is 14.0. The van der Waals surface area contributed by atoms with Crippen LogP contribution >= 0.6 is 0 Å². The van der Waals surface area contributed by atoms with E-state index in [1.54, 1.807) is 12.1 Å². The van der Waals surface area contributed by atoms with Crippen LogP contribution in [0.5, 0.6) is 0 Å². The number of nitrogens with zero attached hydrogens (tertiary/aromatic N) is 2. The molecule has 2 aromatic heterocycles. The number of pyridine rings is 1. The monoisotopic (exact) mass is 512 g/mol. The van der Waals surface area contributed by atoms with Crippen molar-refractivity contribution < 1.29 is 14.3 Å². The van der Waals surface area contributed by atoms with Crippen molar-refractivity contribution >= 4 is 27.8 Å². The Labute approximate surface area is 221 Å². The summed E-state index contributed by atoms with van der Waals surface area (Å²) in [5.74, 6) is 3.64. The van der Waals surface area contributed by atoms with Gasteiger partial charge in [0.05, 0.1) is 22.7 Å². The summed E-state index contributed by atoms with van der Waals surface area (Å²) in [6.45, 7) is 2.34. The molecule has 0 spiro atoms. The molecule has 0 radical (unpaired) electrons. The molecule has 1 amide bonds. The quantitative estimate of drug-likeness (QED) is 0.318. The number of hydrogen-bond donors (Lipinski definition) is 3. The second-order valence-electron chi connectivity index (χ2n) is 12.0. The Kier molecular flexibility index (Phi) is 5.73. The first-order chi connectivity index (χ1) is 18.4. The second kappa shape index (κ2) is 9.16. The Bertz CT molecular complexity index is 1530. The third-order valence-corrected chi connectivity index (χ3v) is 9.54. The molecule has 4 aromatic rings. The molecule has 2 heterocycles. The number of imidazole rings is 1. The minimum absolute atomic E-state index is 0.0613. The van der Waals surface area contributed by atoms with E-state index in [1.807, 2.05) is 24.4 Å². The lowest BCUT2D eigenvalue weighted by molar-refractivity contribution is 0.0562. The van der Waals surface area contributed by atoms with Crippen molar-refractivity contribution in [2.75, 3.05) is 0 Å². The lowest BCUT2D eigenvalue weighted by Crippen LogP contribution is -2.46. The number of amides is 1. The maximum Gasteiger partial charge on any atom is 0.251 e. The standard InChI is InChI=1S/C31H33FN4O2/c1-16(8-30-35-28-4-2-17(12-29(28)36-30)31(38)34-21-14-22(37)15-21)24-10-19-9-18(24)11-25(19)23-6-7-33-27-5-3-20(32)13-26(23)27/h2-7,12-13,16,18-19,21-22,24-25,37H,8-11,14-15H2,1H3,(H,34,38)(H,35,36). The van der Waals surface area contributed by atoms with E-state index in [9.17, 15) is 14.3 Å². The number of H-pyrrole nitrogens is 1. The van der Waals surface area contributed by atoms with Gasteiger partial charge in [-0.05, 0) is 110 Å². The van der Waals surface area contributed by atoms with Crippen molar-refractivity contribution in [3.63, 3.8) is 0 Å². The van der Waals surface area contributed by atoms with Crippen LogP contribution in [0.4, 0.5) is 4.39 Å². The minimum Gasteiger partial charge on any atom is -0.393 e. The zero-order chi connectivity index (χ0) is 26.0. The Morgan fingerprint density at radius 3 is 2.71 bits per heavy atom. The first kappa shape index (κ1) is 23.8. The van der Waals surface area contributed by atoms with E-state index in [0.717, 1.165) is 40.6 Å². The molecule has 38 heavy (non-hydrogen) atoms. The highest BCUT2D eigenvalue weighted by atomic mass is 19.1. The molecule has 5 unspecified atom stereocenters. The molecule has 3 saturated carbocycles. The molecule has 2 bridgehead atoms. The molecule has 7 rings (SSSR count). The van der Waals surface area contributed by atoms with Gasteiger partial charge < -0.3 is 15.4 Å². The number of rotatable bonds is 6. The van der Waals surface area contributed by atoms with Gasteiger partial charge in [-0.1, -0.05) is 6.92 Å². The van der Waals surface area contributed by atoms with Crippen LogP contribution in [0.3, 0.4) is 0 Å². The number of aliphatic hydroxyl groups is 1. The average Bonchev–Trinajstić information content (AvgIpc) is 3.60. The molecular weight excluding hydrogens is 479 g/mol. The number of aliphatic hydroxyl groups excluding tert-OH is 1. The highest BCUT2D eigenvalue weighted by molar-refractivity contribution is 5.97. The summed E-state index contributed by atoms with van der Waals surface area (Å²) in [6.07, 6.45) is 7.33. The van der Waals surface area contributed by atoms with E-state index in [0.29, 0.717) is 48.0 Å². The van der Waals surface area contributed by atoms with E-state index < -0.39 is 0 Å². The number of carbonyl (C=O) groups is 1. The molecule has 0 saturated heterocycles. The SMILES string of the molecule is CC(Cc1nc2ccc(C(=O)NC3CC(O)C3)cc2[nH]1)C1CC2CC1CC2c1ccnc2ccc(F)cc12. The molecule has 2 aromatic carbocycles. The number of fused-ring (bicyclic) bond motifs is 4. The average molecular weight is 513 g/mol. The van der Waals surface area contributed by atoms with Crippen LogP contribution in [0.15, 0.2) is 48.7 Å². The topological polar surface area (TPSA) is 90.9 Å². The zero-order valence-electron chi connectivity index (χ0n) is 21.5. The predicted molar refractivity (Wildman–Crippen MR) is 144 cm³/mol. The van der Waals surface area contributed by atoms with Crippen LogP contribution in [0.2, 0.25) is 0 Å². The van der Waals surface area contributed by atoms with E-state index in [1.165, 1.54) is 24.5 Å². The largest absolute Gasteiger partial charge is 0.393 e. The van der Waals surface area contributed by atoms with Crippen LogP contribution in [0.25, 0.3) is 21.9 Å². The van der Waals surface area contributed by atoms with Crippen molar-refractivity contribution in [3.05, 3.63) is 71.4 Å². The summed E-state index contributed by atoms with van der Waals surface area (Å²) in [5.41, 5.74) is 4.53. The first-order valence-corrected chi connectivity index (χ1v) is 13.9. The Morgan fingerprint density at radius 2 is 1.92 bits per heavy atom. The molecule has 7 heteroatoms. The normalized spacial score (nSPS) is 29.0. The summed E-state index contributed by atoms with van der Waals surface area (Å²) in [5, 5.41) is 13.4. The second-order valence-corrected chi connectivity index (χ2v) is 12.0. The molecule has 3 aliphatic rings. The van der Waals surface area contributed by atoms with E-state index in [-0.39, 0.29) is 23.9 Å². The minimum atomic E-state index is -0.291. The van der Waals surface area contributed by atoms with Crippen molar-refractivity contribution in [3.8, 4) is 0 Å². The van der Waals surface area contributed by atoms with Gasteiger partial charge in [-0.2, -0.15) is 0 Å². The van der Waals surface area contributed by atoms with Crippen LogP contribution < -0.4 is 5.32 Å². The zero-order valence-corrected chi connectivity index (χ0v) is 21.5. The number of aromatic amines is 1. The number of benzene rings is 2. The van der Waals surface area contributed by atoms with Gasteiger partial charge in [0.2, 0.25) is 0 Å². The number of carbonyl (C=O) groups excluding carboxylic acids is 1. The fourth-order valence-corrected chi connectivity index (χ4v) is 7.59. The molecule has 0 aliphatic heterocycles. The lowest BCUT2D eigenvalue weighted by Gasteiger charge is -2.32. The van der Waals surface area contributed by atoms with E-state index >= 15 is 0 Å². The highest BCUT2D eigenvalue weighted by Crippen LogP contribution is 2.58. The summed E-state index contributed by atoms with van der Waals surface area (Å²) >= 11 is 0. The molecule has 6 nitrogen and oxygen atoms in total. The molecule has 3 N–H and O–H groups in total. The highest BCUT2D eigenvalue weighted by Gasteiger charge is 2.48. The number of nitrogens with one attached hydrogen (secondary N) is 2. The maximum absolute atomic E-state index is 14.0. The van der Waals surface area contributed by atoms with Gasteiger partial charge >= 0.3 is 0 Å². The molecule has 5 atom stereocenters. The summed E-state index contributed by atoms with van der Waals surface area (Å²) < 4.78 is 14.0. The third kappa shape index (κ3) is 4.17. The molecular formula is C31H33FN4O2. The summed E-state index contributed by atoms with van der Waals surface area (Å²) in [6, 6.07) is 12.7. The van der Waals surface area contributed by atoms with Gasteiger partial charge in [0, 0.05) is 29.6 Å². The first-order valence-electron chi connectivity index (χ1n) is 13.9. The van der Waals surface area contributed by atoms with E-state index in [4.69, 9.17) is 4.98 Å². The van der Waals surface area contributed by atoms with Crippen LogP contribution in [0, 0.1) is 29.5 Å². The van der Waals surface area contributed by atoms with Crippen molar-refractivity contribution in [1.29, 1.82) is 0 Å². The van der Waals surface area contributed by atoms with E-state index in [2.05, 4.69) is 28.3 Å². The van der Waals surface area contributed by atoms with Crippen molar-refractivity contribution in [2.45, 2.75) is 63.5 Å². The van der Waals surface area contributed by atoms with Crippen LogP contribution in [0.1, 0.15) is 66.7 Å². The number of hydrogen-bond acceptors (Lipinski definition) is 4. The molecule has 3 aliphatic carbocycles. The van der Waals surface area contributed by atoms with Crippen molar-refractivity contribution in [2.24, 2.45) is 23.7 Å². The Morgan fingerprint density at radius 1 is 1.08 bits per heavy atom. The van der Waals surface area contributed by atoms with Crippen LogP contribution in [-0.4, -0.2) is 38.1 Å². The van der Waals surface area contributed by atoms with Crippen molar-refractivity contribution in [1.82, 2.24) is 20.3 Å². The Balaban J connectivity index is 1.02. The third-order valence-electron chi connectivity index (χ3n) is 9.54. The smallest absolute Gasteiger partial charge is 0.251 e. The molecule has 196 valence electrons. The van der Waals surface area contributed by atoms with Gasteiger partial charge in [0.25, 0.3) is 5.91 Å². The van der Waals surface area contributed by atoms with Gasteiger partial charge in [-0.15, -0.1) is 0 Å². The predicted octanol–water partition coefficient (Wildman–Crippen LogP) is 5.51. The van der Waals surface area contributed by atoms with Gasteiger partial charge in [0.15, 0.2) is 0 Å².